The van der Waals surface area contributed by atoms with Crippen LogP contribution >= 0.6 is 0 Å². The first-order valence-electron chi connectivity index (χ1n) is 10.5. The first kappa shape index (κ1) is 18.4. The van der Waals surface area contributed by atoms with E-state index in [1.165, 1.54) is 18.4 Å². The van der Waals surface area contributed by atoms with Crippen LogP contribution < -0.4 is 15.5 Å². The van der Waals surface area contributed by atoms with E-state index in [-0.39, 0.29) is 0 Å². The van der Waals surface area contributed by atoms with E-state index in [9.17, 15) is 0 Å². The summed E-state index contributed by atoms with van der Waals surface area (Å²) in [6, 6.07) is 24.7. The van der Waals surface area contributed by atoms with Crippen LogP contribution in [-0.4, -0.2) is 23.1 Å². The maximum absolute atomic E-state index is 4.96. The van der Waals surface area contributed by atoms with Crippen molar-refractivity contribution in [1.29, 1.82) is 0 Å². The van der Waals surface area contributed by atoms with Gasteiger partial charge in [0.1, 0.15) is 0 Å². The number of fused-ring (bicyclic) bond motifs is 1. The van der Waals surface area contributed by atoms with Crippen LogP contribution in [0.3, 0.4) is 0 Å². The van der Waals surface area contributed by atoms with Gasteiger partial charge in [-0.2, -0.15) is 0 Å². The molecule has 1 saturated heterocycles. The normalized spacial score (nSPS) is 13.6. The molecule has 30 heavy (non-hydrogen) atoms. The van der Waals surface area contributed by atoms with Crippen molar-refractivity contribution in [2.24, 2.45) is 0 Å². The van der Waals surface area contributed by atoms with Gasteiger partial charge < -0.3 is 15.5 Å². The van der Waals surface area contributed by atoms with E-state index < -0.39 is 0 Å². The van der Waals surface area contributed by atoms with Gasteiger partial charge in [0.2, 0.25) is 0 Å². The molecule has 0 aliphatic carbocycles. The number of anilines is 5. The van der Waals surface area contributed by atoms with Crippen molar-refractivity contribution in [1.82, 2.24) is 9.97 Å². The molecule has 1 fully saturated rings. The highest BCUT2D eigenvalue weighted by molar-refractivity contribution is 5.85. The minimum atomic E-state index is 0.800. The molecule has 3 aromatic carbocycles. The fraction of sp³-hybridized carbons (Fsp3) is 0.200. The molecule has 2 N–H and O–H groups in total. The third kappa shape index (κ3) is 3.79. The number of rotatable bonds is 5. The first-order valence-corrected chi connectivity index (χ1v) is 10.5. The molecule has 5 heteroatoms. The zero-order chi connectivity index (χ0) is 20.3. The van der Waals surface area contributed by atoms with Gasteiger partial charge in [0.15, 0.2) is 11.6 Å². The molecule has 4 aromatic rings. The highest BCUT2D eigenvalue weighted by Gasteiger charge is 2.20. The summed E-state index contributed by atoms with van der Waals surface area (Å²) < 4.78 is 0. The lowest BCUT2D eigenvalue weighted by molar-refractivity contribution is 0.939. The third-order valence-corrected chi connectivity index (χ3v) is 5.47. The number of benzene rings is 3. The van der Waals surface area contributed by atoms with Crippen LogP contribution in [0.4, 0.5) is 28.7 Å². The van der Waals surface area contributed by atoms with Crippen LogP contribution in [0.15, 0.2) is 72.8 Å². The van der Waals surface area contributed by atoms with Crippen molar-refractivity contribution < 1.29 is 0 Å². The largest absolute Gasteiger partial charge is 0.354 e. The van der Waals surface area contributed by atoms with E-state index in [2.05, 4.69) is 58.9 Å². The second kappa shape index (κ2) is 8.03. The highest BCUT2D eigenvalue weighted by atomic mass is 15.2. The number of aromatic nitrogens is 2. The second-order valence-corrected chi connectivity index (χ2v) is 7.74. The number of nitrogens with one attached hydrogen (secondary N) is 2. The zero-order valence-electron chi connectivity index (χ0n) is 17.1. The van der Waals surface area contributed by atoms with Gasteiger partial charge in [0, 0.05) is 18.8 Å². The molecule has 1 aliphatic rings. The van der Waals surface area contributed by atoms with Gasteiger partial charge in [-0.05, 0) is 56.2 Å². The van der Waals surface area contributed by atoms with Crippen LogP contribution in [0.2, 0.25) is 0 Å². The first-order chi connectivity index (χ1) is 14.8. The Balaban J connectivity index is 1.52. The molecule has 0 unspecified atom stereocenters. The lowest BCUT2D eigenvalue weighted by Crippen LogP contribution is -2.21. The van der Waals surface area contributed by atoms with Crippen LogP contribution in [0.1, 0.15) is 18.4 Å². The van der Waals surface area contributed by atoms with E-state index in [0.717, 1.165) is 52.8 Å². The number of nitrogens with zero attached hydrogens (tertiary/aromatic N) is 3. The second-order valence-electron chi connectivity index (χ2n) is 7.74. The molecule has 0 amide bonds. The smallest absolute Gasteiger partial charge is 0.174 e. The monoisotopic (exact) mass is 395 g/mol. The Hall–Kier alpha value is -3.60. The van der Waals surface area contributed by atoms with Gasteiger partial charge in [-0.25, -0.2) is 9.97 Å². The maximum atomic E-state index is 4.96. The van der Waals surface area contributed by atoms with Gasteiger partial charge in [-0.1, -0.05) is 42.0 Å². The van der Waals surface area contributed by atoms with Crippen molar-refractivity contribution in [3.63, 3.8) is 0 Å². The van der Waals surface area contributed by atoms with E-state index >= 15 is 0 Å². The maximum Gasteiger partial charge on any atom is 0.174 e. The summed E-state index contributed by atoms with van der Waals surface area (Å²) in [6.45, 7) is 4.13. The zero-order valence-corrected chi connectivity index (χ0v) is 17.1. The summed E-state index contributed by atoms with van der Waals surface area (Å²) in [4.78, 5) is 12.2. The van der Waals surface area contributed by atoms with Crippen LogP contribution in [0, 0.1) is 6.92 Å². The predicted octanol–water partition coefficient (Wildman–Crippen LogP) is 6.03. The highest BCUT2D eigenvalue weighted by Crippen LogP contribution is 2.33. The van der Waals surface area contributed by atoms with Gasteiger partial charge in [0.25, 0.3) is 0 Å². The topological polar surface area (TPSA) is 53.1 Å². The van der Waals surface area contributed by atoms with E-state index in [0.29, 0.717) is 0 Å². The van der Waals surface area contributed by atoms with Crippen molar-refractivity contribution in [2.75, 3.05) is 28.6 Å². The number of para-hydroxylation sites is 4. The Morgan fingerprint density at radius 3 is 2.00 bits per heavy atom. The van der Waals surface area contributed by atoms with E-state index in [4.69, 9.17) is 9.97 Å². The molecule has 1 aromatic heterocycles. The summed E-state index contributed by atoms with van der Waals surface area (Å²) in [6.07, 6.45) is 2.39. The Labute approximate surface area is 176 Å². The van der Waals surface area contributed by atoms with Crippen molar-refractivity contribution in [3.8, 4) is 0 Å². The van der Waals surface area contributed by atoms with E-state index in [1.54, 1.807) is 0 Å². The third-order valence-electron chi connectivity index (χ3n) is 5.47. The molecular formula is C25H25N5. The Kier molecular flexibility index (Phi) is 4.93. The fourth-order valence-electron chi connectivity index (χ4n) is 3.85. The molecule has 2 heterocycles. The van der Waals surface area contributed by atoms with Gasteiger partial charge >= 0.3 is 0 Å². The minimum absolute atomic E-state index is 0.800. The summed E-state index contributed by atoms with van der Waals surface area (Å²) in [5.41, 5.74) is 6.10. The summed E-state index contributed by atoms with van der Waals surface area (Å²) in [7, 11) is 0. The van der Waals surface area contributed by atoms with Crippen molar-refractivity contribution in [3.05, 3.63) is 78.4 Å². The number of hydrogen-bond donors (Lipinski definition) is 2. The predicted molar refractivity (Wildman–Crippen MR) is 125 cm³/mol. The molecule has 5 rings (SSSR count). The fourth-order valence-corrected chi connectivity index (χ4v) is 3.85. The van der Waals surface area contributed by atoms with Crippen molar-refractivity contribution >= 4 is 39.7 Å². The molecular weight excluding hydrogens is 370 g/mol. The summed E-state index contributed by atoms with van der Waals surface area (Å²) >= 11 is 0. The van der Waals surface area contributed by atoms with Gasteiger partial charge in [0.05, 0.1) is 22.4 Å². The molecule has 0 atom stereocenters. The Morgan fingerprint density at radius 2 is 1.30 bits per heavy atom. The molecule has 1 aliphatic heterocycles. The lowest BCUT2D eigenvalue weighted by Gasteiger charge is -2.21. The molecule has 0 radical (unpaired) electrons. The van der Waals surface area contributed by atoms with Crippen LogP contribution in [0.5, 0.6) is 0 Å². The number of hydrogen-bond acceptors (Lipinski definition) is 5. The molecule has 5 nitrogen and oxygen atoms in total. The van der Waals surface area contributed by atoms with E-state index in [1.807, 2.05) is 36.4 Å². The van der Waals surface area contributed by atoms with Gasteiger partial charge in [-0.15, -0.1) is 0 Å². The average molecular weight is 396 g/mol. The standard InChI is InChI=1S/C25H25N5/c1-18-12-14-19(15-13-18)26-20-8-2-3-9-21(20)27-24-25(30-16-6-7-17-30)29-23-11-5-4-10-22(23)28-24/h2-5,8-15,26H,6-7,16-17H2,1H3,(H,27,28). The summed E-state index contributed by atoms with van der Waals surface area (Å²) in [5.74, 6) is 1.73. The molecule has 0 bridgehead atoms. The Morgan fingerprint density at radius 1 is 0.700 bits per heavy atom. The molecule has 0 saturated carbocycles. The quantitative estimate of drug-likeness (QED) is 0.432. The SMILES string of the molecule is Cc1ccc(Nc2ccccc2Nc2nc3ccccc3nc2N2CCCC2)cc1. The molecule has 150 valence electrons. The minimum Gasteiger partial charge on any atom is -0.354 e. The van der Waals surface area contributed by atoms with Crippen molar-refractivity contribution in [2.45, 2.75) is 19.8 Å². The van der Waals surface area contributed by atoms with Crippen LogP contribution in [0.25, 0.3) is 11.0 Å². The van der Waals surface area contributed by atoms with Crippen LogP contribution in [-0.2, 0) is 0 Å². The molecule has 0 spiro atoms. The summed E-state index contributed by atoms with van der Waals surface area (Å²) in [5, 5.41) is 7.09. The lowest BCUT2D eigenvalue weighted by atomic mass is 10.2. The Bertz CT molecular complexity index is 1160. The van der Waals surface area contributed by atoms with Gasteiger partial charge in [-0.3, -0.25) is 0 Å². The average Bonchev–Trinajstić information content (AvgIpc) is 3.31. The number of aryl methyl sites for hydroxylation is 1.